The quantitative estimate of drug-likeness (QED) is 0.655. The highest BCUT2D eigenvalue weighted by molar-refractivity contribution is 6.05. The fraction of sp³-hybridized carbons (Fsp3) is 0.318. The molecule has 2 atom stereocenters. The van der Waals surface area contributed by atoms with Gasteiger partial charge in [-0.2, -0.15) is 0 Å². The van der Waals surface area contributed by atoms with Crippen LogP contribution < -0.4 is 20.7 Å². The molecule has 0 saturated carbocycles. The summed E-state index contributed by atoms with van der Waals surface area (Å²) in [5.41, 5.74) is 4.67. The molecule has 2 aliphatic rings. The molecule has 0 aromatic heterocycles. The van der Waals surface area contributed by atoms with Crippen LogP contribution in [0.4, 0.5) is 4.79 Å². The molecule has 0 bridgehead atoms. The van der Waals surface area contributed by atoms with E-state index in [0.29, 0.717) is 6.54 Å². The predicted molar refractivity (Wildman–Crippen MR) is 108 cm³/mol. The Labute approximate surface area is 168 Å². The van der Waals surface area contributed by atoms with Crippen LogP contribution in [0.5, 0.6) is 5.75 Å². The van der Waals surface area contributed by atoms with Gasteiger partial charge in [0.15, 0.2) is 0 Å². The van der Waals surface area contributed by atoms with Gasteiger partial charge in [0, 0.05) is 13.0 Å². The molecule has 2 aromatic carbocycles. The molecule has 2 unspecified atom stereocenters. The average molecular weight is 393 g/mol. The van der Waals surface area contributed by atoms with Crippen molar-refractivity contribution < 1.29 is 19.1 Å². The number of rotatable bonds is 6. The summed E-state index contributed by atoms with van der Waals surface area (Å²) in [7, 11) is 0. The van der Waals surface area contributed by atoms with Crippen molar-refractivity contribution in [3.05, 3.63) is 53.6 Å². The van der Waals surface area contributed by atoms with Crippen molar-refractivity contribution in [3.63, 3.8) is 0 Å². The Kier molecular flexibility index (Phi) is 5.20. The second-order valence-electron chi connectivity index (χ2n) is 7.47. The second kappa shape index (κ2) is 7.95. The van der Waals surface area contributed by atoms with Crippen LogP contribution >= 0.6 is 0 Å². The van der Waals surface area contributed by atoms with Crippen molar-refractivity contribution in [2.75, 3.05) is 13.2 Å². The minimum atomic E-state index is -0.796. The van der Waals surface area contributed by atoms with Crippen LogP contribution in [0, 0.1) is 0 Å². The van der Waals surface area contributed by atoms with E-state index in [2.05, 4.69) is 52.3 Å². The number of benzene rings is 2. The first kappa shape index (κ1) is 19.0. The summed E-state index contributed by atoms with van der Waals surface area (Å²) in [5, 5.41) is 7.38. The van der Waals surface area contributed by atoms with Gasteiger partial charge >= 0.3 is 6.03 Å². The van der Waals surface area contributed by atoms with Crippen molar-refractivity contribution in [3.8, 4) is 16.9 Å². The molecule has 7 heteroatoms. The fourth-order valence-corrected chi connectivity index (χ4v) is 3.62. The molecular weight excluding hydrogens is 370 g/mol. The van der Waals surface area contributed by atoms with Gasteiger partial charge in [-0.25, -0.2) is 4.79 Å². The molecule has 0 radical (unpaired) electrons. The molecule has 4 amide bonds. The number of nitrogens with one attached hydrogen (secondary N) is 3. The molecule has 29 heavy (non-hydrogen) atoms. The van der Waals surface area contributed by atoms with E-state index in [1.165, 1.54) is 11.1 Å². The smallest absolute Gasteiger partial charge is 0.322 e. The third-order valence-electron chi connectivity index (χ3n) is 5.36. The molecule has 4 rings (SSSR count). The Balaban J connectivity index is 1.32. The minimum Gasteiger partial charge on any atom is -0.493 e. The van der Waals surface area contributed by atoms with E-state index in [0.717, 1.165) is 29.9 Å². The highest BCUT2D eigenvalue weighted by atomic mass is 16.5. The number of hydrogen-bond donors (Lipinski definition) is 3. The van der Waals surface area contributed by atoms with Gasteiger partial charge in [0.1, 0.15) is 11.8 Å². The van der Waals surface area contributed by atoms with Crippen LogP contribution in [-0.4, -0.2) is 37.0 Å². The average Bonchev–Trinajstić information content (AvgIpc) is 3.31. The van der Waals surface area contributed by atoms with Crippen molar-refractivity contribution >= 4 is 17.8 Å². The first-order valence-electron chi connectivity index (χ1n) is 9.74. The molecule has 3 N–H and O–H groups in total. The maximum atomic E-state index is 12.1. The first-order valence-corrected chi connectivity index (χ1v) is 9.74. The molecule has 150 valence electrons. The summed E-state index contributed by atoms with van der Waals surface area (Å²) < 4.78 is 5.56. The lowest BCUT2D eigenvalue weighted by Crippen LogP contribution is -2.37. The monoisotopic (exact) mass is 393 g/mol. The van der Waals surface area contributed by atoms with E-state index in [1.807, 2.05) is 13.0 Å². The molecule has 0 spiro atoms. The number of amides is 4. The standard InChI is InChI=1S/C22H23N3O4/c1-13(12-23-20(26)11-18-21(27)25-22(28)24-18)14-2-4-15(5-3-14)16-6-7-19-17(10-16)8-9-29-19/h2-7,10,13,18H,8-9,11-12H2,1H3,(H,23,26)(H2,24,25,27,28). The lowest BCUT2D eigenvalue weighted by molar-refractivity contribution is -0.126. The van der Waals surface area contributed by atoms with Gasteiger partial charge in [-0.05, 0) is 40.3 Å². The van der Waals surface area contributed by atoms with E-state index in [4.69, 9.17) is 4.74 Å². The minimum absolute atomic E-state index is 0.0642. The lowest BCUT2D eigenvalue weighted by atomic mass is 9.96. The molecule has 2 heterocycles. The Morgan fingerprint density at radius 1 is 1.17 bits per heavy atom. The maximum absolute atomic E-state index is 12.1. The number of urea groups is 1. The lowest BCUT2D eigenvalue weighted by Gasteiger charge is -2.15. The molecular formula is C22H23N3O4. The molecule has 2 aliphatic heterocycles. The van der Waals surface area contributed by atoms with Crippen LogP contribution in [0.2, 0.25) is 0 Å². The van der Waals surface area contributed by atoms with Crippen molar-refractivity contribution in [2.24, 2.45) is 0 Å². The Hall–Kier alpha value is -3.35. The van der Waals surface area contributed by atoms with Gasteiger partial charge in [-0.15, -0.1) is 0 Å². The van der Waals surface area contributed by atoms with E-state index >= 15 is 0 Å². The number of carbonyl (C=O) groups excluding carboxylic acids is 3. The number of hydrogen-bond acceptors (Lipinski definition) is 4. The Morgan fingerprint density at radius 3 is 2.66 bits per heavy atom. The zero-order chi connectivity index (χ0) is 20.4. The summed E-state index contributed by atoms with van der Waals surface area (Å²) >= 11 is 0. The van der Waals surface area contributed by atoms with Gasteiger partial charge in [0.05, 0.1) is 13.0 Å². The molecule has 1 fully saturated rings. The molecule has 1 saturated heterocycles. The molecule has 7 nitrogen and oxygen atoms in total. The summed E-state index contributed by atoms with van der Waals surface area (Å²) in [5.74, 6) is 0.362. The van der Waals surface area contributed by atoms with Crippen LogP contribution in [-0.2, 0) is 16.0 Å². The van der Waals surface area contributed by atoms with Gasteiger partial charge in [0.25, 0.3) is 5.91 Å². The highest BCUT2D eigenvalue weighted by Crippen LogP contribution is 2.31. The zero-order valence-corrected chi connectivity index (χ0v) is 16.2. The first-order chi connectivity index (χ1) is 14.0. The number of fused-ring (bicyclic) bond motifs is 1. The van der Waals surface area contributed by atoms with Crippen molar-refractivity contribution in [2.45, 2.75) is 31.7 Å². The van der Waals surface area contributed by atoms with Gasteiger partial charge in [-0.1, -0.05) is 37.3 Å². The molecule has 0 aliphatic carbocycles. The summed E-state index contributed by atoms with van der Waals surface area (Å²) in [6.45, 7) is 3.24. The third kappa shape index (κ3) is 4.23. The van der Waals surface area contributed by atoms with Gasteiger partial charge < -0.3 is 15.4 Å². The van der Waals surface area contributed by atoms with E-state index in [1.54, 1.807) is 0 Å². The van der Waals surface area contributed by atoms with E-state index in [9.17, 15) is 14.4 Å². The summed E-state index contributed by atoms with van der Waals surface area (Å²) in [4.78, 5) is 34.7. The van der Waals surface area contributed by atoms with Crippen LogP contribution in [0.15, 0.2) is 42.5 Å². The predicted octanol–water partition coefficient (Wildman–Crippen LogP) is 2.11. The SMILES string of the molecule is CC(CNC(=O)CC1NC(=O)NC1=O)c1ccc(-c2ccc3c(c2)CCO3)cc1. The number of carbonyl (C=O) groups is 3. The van der Waals surface area contributed by atoms with E-state index < -0.39 is 18.0 Å². The van der Waals surface area contributed by atoms with Gasteiger partial charge in [-0.3, -0.25) is 14.9 Å². The largest absolute Gasteiger partial charge is 0.493 e. The van der Waals surface area contributed by atoms with Crippen molar-refractivity contribution in [1.29, 1.82) is 0 Å². The Bertz CT molecular complexity index is 955. The topological polar surface area (TPSA) is 96.5 Å². The zero-order valence-electron chi connectivity index (χ0n) is 16.2. The summed E-state index contributed by atoms with van der Waals surface area (Å²) in [6, 6.07) is 13.2. The maximum Gasteiger partial charge on any atom is 0.322 e. The molecule has 2 aromatic rings. The number of imide groups is 1. The highest BCUT2D eigenvalue weighted by Gasteiger charge is 2.31. The summed E-state index contributed by atoms with van der Waals surface area (Å²) in [6.07, 6.45) is 0.884. The van der Waals surface area contributed by atoms with Gasteiger partial charge in [0.2, 0.25) is 5.91 Å². The number of ether oxygens (including phenoxy) is 1. The Morgan fingerprint density at radius 2 is 1.93 bits per heavy atom. The second-order valence-corrected chi connectivity index (χ2v) is 7.47. The van der Waals surface area contributed by atoms with Crippen LogP contribution in [0.3, 0.4) is 0 Å². The normalized spacial score (nSPS) is 18.4. The third-order valence-corrected chi connectivity index (χ3v) is 5.36. The fourth-order valence-electron chi connectivity index (χ4n) is 3.62. The van der Waals surface area contributed by atoms with Crippen LogP contribution in [0.1, 0.15) is 30.4 Å². The van der Waals surface area contributed by atoms with E-state index in [-0.39, 0.29) is 18.2 Å². The van der Waals surface area contributed by atoms with Crippen molar-refractivity contribution in [1.82, 2.24) is 16.0 Å². The van der Waals surface area contributed by atoms with Crippen LogP contribution in [0.25, 0.3) is 11.1 Å².